The quantitative estimate of drug-likeness (QED) is 0.869. The number of benzene rings is 1. The number of rotatable bonds is 3. The summed E-state index contributed by atoms with van der Waals surface area (Å²) in [6.07, 6.45) is 4.28. The molecule has 1 heterocycles. The molecule has 0 spiro atoms. The molecule has 5 heteroatoms. The van der Waals surface area contributed by atoms with Gasteiger partial charge in [0, 0.05) is 0 Å². The van der Waals surface area contributed by atoms with Crippen LogP contribution in [0.15, 0.2) is 34.9 Å². The Morgan fingerprint density at radius 1 is 1.45 bits per heavy atom. The minimum atomic E-state index is -0.607. The van der Waals surface area contributed by atoms with E-state index in [0.717, 1.165) is 5.56 Å². The number of amides is 1. The van der Waals surface area contributed by atoms with E-state index in [9.17, 15) is 4.79 Å². The van der Waals surface area contributed by atoms with Gasteiger partial charge in [-0.1, -0.05) is 35.5 Å². The van der Waals surface area contributed by atoms with Crippen molar-refractivity contribution >= 4 is 11.8 Å². The van der Waals surface area contributed by atoms with E-state index in [4.69, 9.17) is 15.7 Å². The fraction of sp³-hybridized carbons (Fsp3) is 0.200. The Morgan fingerprint density at radius 3 is 2.80 bits per heavy atom. The summed E-state index contributed by atoms with van der Waals surface area (Å²) in [6, 6.07) is 9.43. The van der Waals surface area contributed by atoms with E-state index >= 15 is 0 Å². The number of hydrogen-bond donors (Lipinski definition) is 1. The maximum atomic E-state index is 11.8. The van der Waals surface area contributed by atoms with E-state index in [1.165, 1.54) is 0 Å². The van der Waals surface area contributed by atoms with Crippen LogP contribution in [0.25, 0.3) is 0 Å². The molecule has 0 aliphatic carbocycles. The second-order valence-corrected chi connectivity index (χ2v) is 4.20. The van der Waals surface area contributed by atoms with Gasteiger partial charge in [-0.25, -0.2) is 4.79 Å². The van der Waals surface area contributed by atoms with Crippen LogP contribution in [0.2, 0.25) is 0 Å². The van der Waals surface area contributed by atoms with Gasteiger partial charge in [-0.05, 0) is 25.3 Å². The van der Waals surface area contributed by atoms with Crippen molar-refractivity contribution < 1.29 is 14.1 Å². The third kappa shape index (κ3) is 2.98. The summed E-state index contributed by atoms with van der Waals surface area (Å²) < 4.78 is 10.2. The molecule has 1 amide bonds. The van der Waals surface area contributed by atoms with E-state index < -0.39 is 6.09 Å². The molecule has 2 aromatic rings. The number of ether oxygens (including phenoxy) is 1. The van der Waals surface area contributed by atoms with Gasteiger partial charge < -0.3 is 9.26 Å². The smallest absolute Gasteiger partial charge is 0.412 e. The second kappa shape index (κ2) is 5.93. The van der Waals surface area contributed by atoms with Crippen LogP contribution in [-0.2, 0) is 4.74 Å². The molecule has 0 saturated carbocycles. The van der Waals surface area contributed by atoms with Crippen LogP contribution in [0, 0.1) is 19.3 Å². The highest BCUT2D eigenvalue weighted by Gasteiger charge is 2.17. The summed E-state index contributed by atoms with van der Waals surface area (Å²) in [5.74, 6) is 2.48. The van der Waals surface area contributed by atoms with Crippen molar-refractivity contribution in [2.75, 3.05) is 5.32 Å². The summed E-state index contributed by atoms with van der Waals surface area (Å²) in [5, 5.41) is 6.24. The molecule has 0 saturated heterocycles. The van der Waals surface area contributed by atoms with Crippen molar-refractivity contribution in [1.82, 2.24) is 5.16 Å². The van der Waals surface area contributed by atoms with Gasteiger partial charge in [-0.15, -0.1) is 6.42 Å². The molecule has 102 valence electrons. The highest BCUT2D eigenvalue weighted by atomic mass is 16.6. The van der Waals surface area contributed by atoms with Crippen LogP contribution >= 0.6 is 0 Å². The zero-order valence-electron chi connectivity index (χ0n) is 11.2. The molecule has 0 fully saturated rings. The van der Waals surface area contributed by atoms with E-state index in [2.05, 4.69) is 16.4 Å². The Labute approximate surface area is 116 Å². The Hall–Kier alpha value is -2.74. The Morgan fingerprint density at radius 2 is 2.15 bits per heavy atom. The number of nitrogens with one attached hydrogen (secondary N) is 1. The number of nitrogens with zero attached hydrogens (tertiary/aromatic N) is 1. The fourth-order valence-corrected chi connectivity index (χ4v) is 1.70. The maximum Gasteiger partial charge on any atom is 0.412 e. The Bertz CT molecular complexity index is 641. The van der Waals surface area contributed by atoms with Gasteiger partial charge >= 0.3 is 6.09 Å². The Balaban J connectivity index is 2.03. The third-order valence-electron chi connectivity index (χ3n) is 2.77. The van der Waals surface area contributed by atoms with Crippen molar-refractivity contribution in [2.45, 2.75) is 20.0 Å². The average molecular weight is 270 g/mol. The highest BCUT2D eigenvalue weighted by Crippen LogP contribution is 2.21. The summed E-state index contributed by atoms with van der Waals surface area (Å²) in [7, 11) is 0. The molecule has 1 N–H and O–H groups in total. The fourth-order valence-electron chi connectivity index (χ4n) is 1.70. The molecule has 0 aliphatic rings. The first kappa shape index (κ1) is 13.7. The molecular formula is C15H14N2O3. The van der Waals surface area contributed by atoms with Gasteiger partial charge in [0.05, 0.1) is 0 Å². The van der Waals surface area contributed by atoms with Crippen LogP contribution in [0.5, 0.6) is 0 Å². The number of aromatic nitrogens is 1. The summed E-state index contributed by atoms with van der Waals surface area (Å²) in [4.78, 5) is 11.8. The molecule has 1 atom stereocenters. The molecule has 2 rings (SSSR count). The first-order valence-corrected chi connectivity index (χ1v) is 6.07. The van der Waals surface area contributed by atoms with Crippen LogP contribution in [0.1, 0.15) is 30.0 Å². The van der Waals surface area contributed by atoms with Crippen LogP contribution < -0.4 is 5.32 Å². The third-order valence-corrected chi connectivity index (χ3v) is 2.77. The molecule has 0 radical (unpaired) electrons. The number of terminal acetylenes is 1. The van der Waals surface area contributed by atoms with Crippen molar-refractivity contribution in [3.05, 3.63) is 47.3 Å². The van der Waals surface area contributed by atoms with E-state index in [0.29, 0.717) is 11.4 Å². The molecule has 1 aromatic heterocycles. The summed E-state index contributed by atoms with van der Waals surface area (Å²) in [5.41, 5.74) is 1.77. The van der Waals surface area contributed by atoms with Gasteiger partial charge in [0.15, 0.2) is 0 Å². The SMILES string of the molecule is C#Cc1onc(C)c1NC(=O)OC(C)c1ccccc1. The largest absolute Gasteiger partial charge is 0.441 e. The summed E-state index contributed by atoms with van der Waals surface area (Å²) in [6.45, 7) is 3.47. The first-order valence-electron chi connectivity index (χ1n) is 6.07. The van der Waals surface area contributed by atoms with Crippen molar-refractivity contribution in [3.63, 3.8) is 0 Å². The van der Waals surface area contributed by atoms with Gasteiger partial charge in [0.1, 0.15) is 17.5 Å². The van der Waals surface area contributed by atoms with Crippen LogP contribution in [0.3, 0.4) is 0 Å². The van der Waals surface area contributed by atoms with E-state index in [1.54, 1.807) is 13.8 Å². The first-order chi connectivity index (χ1) is 9.61. The molecular weight excluding hydrogens is 256 g/mol. The number of anilines is 1. The molecule has 1 unspecified atom stereocenters. The van der Waals surface area contributed by atoms with Gasteiger partial charge in [0.25, 0.3) is 0 Å². The standard InChI is InChI=1S/C15H14N2O3/c1-4-13-14(10(2)17-20-13)16-15(18)19-11(3)12-8-6-5-7-9-12/h1,5-9,11H,2-3H3,(H,16,18). The van der Waals surface area contributed by atoms with E-state index in [1.807, 2.05) is 30.3 Å². The van der Waals surface area contributed by atoms with Gasteiger partial charge in [-0.2, -0.15) is 0 Å². The highest BCUT2D eigenvalue weighted by molar-refractivity contribution is 5.86. The topological polar surface area (TPSA) is 64.4 Å². The lowest BCUT2D eigenvalue weighted by Crippen LogP contribution is -2.16. The molecule has 1 aromatic carbocycles. The number of carbonyl (C=O) groups is 1. The lowest BCUT2D eigenvalue weighted by molar-refractivity contribution is 0.121. The van der Waals surface area contributed by atoms with Crippen molar-refractivity contribution in [2.24, 2.45) is 0 Å². The molecule has 20 heavy (non-hydrogen) atoms. The minimum Gasteiger partial charge on any atom is -0.441 e. The normalized spacial score (nSPS) is 11.4. The molecule has 0 bridgehead atoms. The summed E-state index contributed by atoms with van der Waals surface area (Å²) >= 11 is 0. The Kier molecular flexibility index (Phi) is 4.06. The predicted molar refractivity (Wildman–Crippen MR) is 74.1 cm³/mol. The minimum absolute atomic E-state index is 0.173. The van der Waals surface area contributed by atoms with E-state index in [-0.39, 0.29) is 11.9 Å². The lowest BCUT2D eigenvalue weighted by Gasteiger charge is -2.13. The molecule has 5 nitrogen and oxygen atoms in total. The second-order valence-electron chi connectivity index (χ2n) is 4.20. The monoisotopic (exact) mass is 270 g/mol. The predicted octanol–water partition coefficient (Wildman–Crippen LogP) is 3.27. The zero-order chi connectivity index (χ0) is 14.5. The van der Waals surface area contributed by atoms with Crippen LogP contribution in [-0.4, -0.2) is 11.2 Å². The maximum absolute atomic E-state index is 11.8. The van der Waals surface area contributed by atoms with Crippen molar-refractivity contribution in [3.8, 4) is 12.3 Å². The number of hydrogen-bond acceptors (Lipinski definition) is 4. The van der Waals surface area contributed by atoms with Crippen molar-refractivity contribution in [1.29, 1.82) is 0 Å². The van der Waals surface area contributed by atoms with Crippen LogP contribution in [0.4, 0.5) is 10.5 Å². The lowest BCUT2D eigenvalue weighted by atomic mass is 10.1. The van der Waals surface area contributed by atoms with Gasteiger partial charge in [0.2, 0.25) is 5.76 Å². The molecule has 0 aliphatic heterocycles. The average Bonchev–Trinajstić information content (AvgIpc) is 2.80. The number of carbonyl (C=O) groups excluding carboxylic acids is 1. The zero-order valence-corrected chi connectivity index (χ0v) is 11.2. The van der Waals surface area contributed by atoms with Gasteiger partial charge in [-0.3, -0.25) is 5.32 Å². The number of aryl methyl sites for hydroxylation is 1.